The molecule has 0 saturated carbocycles. The van der Waals surface area contributed by atoms with Crippen molar-refractivity contribution >= 4 is 46.8 Å². The highest BCUT2D eigenvalue weighted by molar-refractivity contribution is 6.30. The maximum absolute atomic E-state index is 14.5. The van der Waals surface area contributed by atoms with Gasteiger partial charge < -0.3 is 19.3 Å². The molecule has 42 heavy (non-hydrogen) atoms. The summed E-state index contributed by atoms with van der Waals surface area (Å²) in [5, 5.41) is 1.14. The van der Waals surface area contributed by atoms with Crippen molar-refractivity contribution < 1.29 is 23.9 Å². The van der Waals surface area contributed by atoms with Crippen LogP contribution in [0.4, 0.5) is 4.79 Å². The largest absolute Gasteiger partial charge is 0.497 e. The molecule has 3 aromatic carbocycles. The summed E-state index contributed by atoms with van der Waals surface area (Å²) in [6, 6.07) is 18.5. The molecular formula is C31H30Cl2N4O5. The van der Waals surface area contributed by atoms with Crippen molar-refractivity contribution in [1.82, 2.24) is 14.7 Å². The molecule has 1 fully saturated rings. The Hall–Kier alpha value is -4.08. The van der Waals surface area contributed by atoms with Crippen molar-refractivity contribution in [2.75, 3.05) is 40.4 Å². The maximum Gasteiger partial charge on any atom is 0.326 e. The number of amides is 3. The molecule has 0 radical (unpaired) electrons. The summed E-state index contributed by atoms with van der Waals surface area (Å²) in [7, 11) is 3.10. The number of halogens is 2. The first kappa shape index (κ1) is 29.4. The summed E-state index contributed by atoms with van der Waals surface area (Å²) >= 11 is 12.5. The van der Waals surface area contributed by atoms with E-state index in [2.05, 4.69) is 0 Å². The summed E-state index contributed by atoms with van der Waals surface area (Å²) in [4.78, 5) is 48.8. The van der Waals surface area contributed by atoms with E-state index in [0.717, 1.165) is 11.1 Å². The van der Waals surface area contributed by atoms with Crippen LogP contribution < -0.4 is 9.47 Å². The van der Waals surface area contributed by atoms with Gasteiger partial charge in [-0.1, -0.05) is 47.5 Å². The molecule has 3 aromatic rings. The van der Waals surface area contributed by atoms with Gasteiger partial charge in [-0.15, -0.1) is 0 Å². The third kappa shape index (κ3) is 5.93. The van der Waals surface area contributed by atoms with E-state index in [9.17, 15) is 14.4 Å². The first-order chi connectivity index (χ1) is 20.2. The highest BCUT2D eigenvalue weighted by Crippen LogP contribution is 2.45. The normalized spacial score (nSPS) is 18.6. The van der Waals surface area contributed by atoms with Crippen LogP contribution in [-0.2, 0) is 9.59 Å². The van der Waals surface area contributed by atoms with Crippen LogP contribution in [-0.4, -0.2) is 78.7 Å². The second-order valence-corrected chi connectivity index (χ2v) is 11.0. The van der Waals surface area contributed by atoms with Gasteiger partial charge in [-0.3, -0.25) is 19.5 Å². The van der Waals surface area contributed by atoms with E-state index in [1.54, 1.807) is 61.6 Å². The maximum atomic E-state index is 14.5. The number of rotatable bonds is 7. The Morgan fingerprint density at radius 3 is 2.12 bits per heavy atom. The highest BCUT2D eigenvalue weighted by atomic mass is 35.5. The van der Waals surface area contributed by atoms with Crippen LogP contribution in [0.5, 0.6) is 11.5 Å². The van der Waals surface area contributed by atoms with Crippen LogP contribution >= 0.6 is 23.2 Å². The van der Waals surface area contributed by atoms with Crippen LogP contribution in [0.2, 0.25) is 10.0 Å². The third-order valence-electron chi connectivity index (χ3n) is 7.35. The minimum absolute atomic E-state index is 0.0202. The molecular weight excluding hydrogens is 579 g/mol. The number of Topliss-reactive ketones (excluding diaryl/α,β-unsaturated/α-hetero) is 1. The van der Waals surface area contributed by atoms with E-state index in [1.807, 2.05) is 24.3 Å². The number of piperazine rings is 1. The molecule has 2 atom stereocenters. The molecule has 9 nitrogen and oxygen atoms in total. The summed E-state index contributed by atoms with van der Waals surface area (Å²) in [6.07, 6.45) is 0. The molecule has 0 aliphatic carbocycles. The number of hydrogen-bond donors (Lipinski definition) is 0. The number of carbonyl (C=O) groups excluding carboxylic acids is 3. The Kier molecular flexibility index (Phi) is 8.70. The number of ketones is 1. The molecule has 0 bridgehead atoms. The number of urea groups is 1. The minimum atomic E-state index is -0.580. The molecule has 2 unspecified atom stereocenters. The fraction of sp³-hybridized carbons (Fsp3) is 0.290. The van der Waals surface area contributed by atoms with E-state index in [4.69, 9.17) is 37.7 Å². The topological polar surface area (TPSA) is 91.8 Å². The zero-order valence-electron chi connectivity index (χ0n) is 23.4. The van der Waals surface area contributed by atoms with E-state index in [1.165, 1.54) is 16.7 Å². The fourth-order valence-corrected chi connectivity index (χ4v) is 5.55. The average Bonchev–Trinajstić information content (AvgIpc) is 3.38. The van der Waals surface area contributed by atoms with Crippen molar-refractivity contribution in [3.8, 4) is 11.5 Å². The van der Waals surface area contributed by atoms with Gasteiger partial charge in [0.05, 0.1) is 32.4 Å². The minimum Gasteiger partial charge on any atom is -0.497 e. The molecule has 0 N–H and O–H groups in total. The number of carbonyl (C=O) groups is 3. The third-order valence-corrected chi connectivity index (χ3v) is 7.85. The van der Waals surface area contributed by atoms with Gasteiger partial charge in [0, 0.05) is 29.2 Å². The fourth-order valence-electron chi connectivity index (χ4n) is 5.30. The number of ether oxygens (including phenoxy) is 2. The predicted molar refractivity (Wildman–Crippen MR) is 161 cm³/mol. The lowest BCUT2D eigenvalue weighted by Crippen LogP contribution is -2.57. The van der Waals surface area contributed by atoms with Gasteiger partial charge in [0.25, 0.3) is 0 Å². The van der Waals surface area contributed by atoms with E-state index < -0.39 is 12.1 Å². The molecule has 0 aromatic heterocycles. The standard InChI is InChI=1S/C31H30Cl2N4O5/c1-19(38)17-35-14-15-36(18-27(35)39)31(40)37-29(21-6-10-23(33)11-7-21)28(20-4-8-22(32)9-5-20)34-30(37)25-13-12-24(41-2)16-26(25)42-3/h4-13,16,28-29H,14-15,17-18H2,1-3H3. The van der Waals surface area contributed by atoms with E-state index >= 15 is 0 Å². The Morgan fingerprint density at radius 1 is 0.905 bits per heavy atom. The van der Waals surface area contributed by atoms with E-state index in [0.29, 0.717) is 32.9 Å². The zero-order valence-corrected chi connectivity index (χ0v) is 24.9. The van der Waals surface area contributed by atoms with Crippen LogP contribution in [0.1, 0.15) is 35.7 Å². The Balaban J connectivity index is 1.63. The van der Waals surface area contributed by atoms with Crippen molar-refractivity contribution in [1.29, 1.82) is 0 Å². The Labute approximate surface area is 254 Å². The van der Waals surface area contributed by atoms with Crippen molar-refractivity contribution in [2.24, 2.45) is 4.99 Å². The number of amidine groups is 1. The molecule has 1 saturated heterocycles. The van der Waals surface area contributed by atoms with E-state index in [-0.39, 0.29) is 43.9 Å². The number of aliphatic imine (C=N–C) groups is 1. The van der Waals surface area contributed by atoms with Crippen LogP contribution in [0.25, 0.3) is 0 Å². The number of nitrogens with zero attached hydrogens (tertiary/aromatic N) is 4. The summed E-state index contributed by atoms with van der Waals surface area (Å²) in [5.74, 6) is 1.04. The average molecular weight is 610 g/mol. The van der Waals surface area contributed by atoms with Crippen LogP contribution in [0.3, 0.4) is 0 Å². The second kappa shape index (κ2) is 12.4. The van der Waals surface area contributed by atoms with Gasteiger partial charge >= 0.3 is 6.03 Å². The van der Waals surface area contributed by atoms with Crippen LogP contribution in [0, 0.1) is 0 Å². The highest BCUT2D eigenvalue weighted by Gasteiger charge is 2.45. The molecule has 3 amide bonds. The number of hydrogen-bond acceptors (Lipinski definition) is 6. The lowest BCUT2D eigenvalue weighted by molar-refractivity contribution is -0.138. The molecule has 0 spiro atoms. The van der Waals surface area contributed by atoms with Gasteiger partial charge in [0.2, 0.25) is 5.91 Å². The van der Waals surface area contributed by atoms with Crippen molar-refractivity contribution in [3.63, 3.8) is 0 Å². The molecule has 218 valence electrons. The Bertz CT molecular complexity index is 1530. The van der Waals surface area contributed by atoms with Crippen molar-refractivity contribution in [2.45, 2.75) is 19.0 Å². The summed E-state index contributed by atoms with van der Waals surface area (Å²) in [6.45, 7) is 1.82. The quantitative estimate of drug-likeness (QED) is 0.358. The Morgan fingerprint density at radius 2 is 1.55 bits per heavy atom. The second-order valence-electron chi connectivity index (χ2n) is 10.1. The lowest BCUT2D eigenvalue weighted by Gasteiger charge is -2.38. The van der Waals surface area contributed by atoms with Gasteiger partial charge in [0.15, 0.2) is 0 Å². The van der Waals surface area contributed by atoms with Gasteiger partial charge in [0.1, 0.15) is 35.7 Å². The van der Waals surface area contributed by atoms with Gasteiger partial charge in [-0.2, -0.15) is 0 Å². The molecule has 2 aliphatic heterocycles. The lowest BCUT2D eigenvalue weighted by atomic mass is 9.93. The van der Waals surface area contributed by atoms with Gasteiger partial charge in [-0.05, 0) is 54.4 Å². The monoisotopic (exact) mass is 608 g/mol. The molecule has 2 aliphatic rings. The zero-order chi connectivity index (χ0) is 30.0. The smallest absolute Gasteiger partial charge is 0.326 e. The summed E-state index contributed by atoms with van der Waals surface area (Å²) in [5.41, 5.74) is 2.24. The number of methoxy groups -OCH3 is 2. The number of benzene rings is 3. The molecule has 5 rings (SSSR count). The molecule has 2 heterocycles. The van der Waals surface area contributed by atoms with Gasteiger partial charge in [-0.25, -0.2) is 4.79 Å². The molecule has 11 heteroatoms. The first-order valence-corrected chi connectivity index (χ1v) is 14.1. The van der Waals surface area contributed by atoms with Crippen molar-refractivity contribution in [3.05, 3.63) is 93.5 Å². The first-order valence-electron chi connectivity index (χ1n) is 13.4. The SMILES string of the molecule is COc1ccc(C2=NC(c3ccc(Cl)cc3)C(c3ccc(Cl)cc3)N2C(=O)N2CCN(CC(C)=O)C(=O)C2)c(OC)c1. The summed E-state index contributed by atoms with van der Waals surface area (Å²) < 4.78 is 11.1. The van der Waals surface area contributed by atoms with Crippen LogP contribution in [0.15, 0.2) is 71.7 Å². The predicted octanol–water partition coefficient (Wildman–Crippen LogP) is 5.41.